The van der Waals surface area contributed by atoms with Gasteiger partial charge >= 0.3 is 174 Å². The molecule has 0 fully saturated rings. The molecule has 133 valence electrons. The van der Waals surface area contributed by atoms with E-state index in [1.165, 1.54) is 17.3 Å². The van der Waals surface area contributed by atoms with Crippen molar-refractivity contribution in [1.29, 1.82) is 0 Å². The molecular formula is C21H15AsClN2OS. The molecule has 1 aliphatic rings. The van der Waals surface area contributed by atoms with Gasteiger partial charge in [-0.25, -0.2) is 0 Å². The molecule has 2 aromatic carbocycles. The third-order valence-electron chi connectivity index (χ3n) is 4.07. The third kappa shape index (κ3) is 4.70. The molecule has 1 aliphatic heterocycles. The van der Waals surface area contributed by atoms with Crippen LogP contribution in [0.2, 0.25) is 10.2 Å². The zero-order valence-electron chi connectivity index (χ0n) is 14.3. The number of aromatic nitrogens is 1. The second kappa shape index (κ2) is 8.43. The third-order valence-corrected chi connectivity index (χ3v) is 8.05. The number of hydrogen-bond acceptors (Lipinski definition) is 3. The summed E-state index contributed by atoms with van der Waals surface area (Å²) < 4.78 is 0.979. The van der Waals surface area contributed by atoms with Crippen molar-refractivity contribution >= 4 is 65.8 Å². The Labute approximate surface area is 173 Å². The molecular weight excluding hydrogens is 439 g/mol. The summed E-state index contributed by atoms with van der Waals surface area (Å²) in [5.41, 5.74) is 3.18. The fraction of sp³-hybridized carbons (Fsp3) is 0.0952. The maximum atomic E-state index is 12.2. The van der Waals surface area contributed by atoms with Gasteiger partial charge < -0.3 is 0 Å². The minimum atomic E-state index is -0.126. The number of hydrogen-bond donors (Lipinski definition) is 0. The molecule has 0 aliphatic carbocycles. The molecule has 0 saturated heterocycles. The van der Waals surface area contributed by atoms with E-state index in [4.69, 9.17) is 11.6 Å². The number of benzene rings is 2. The van der Waals surface area contributed by atoms with Crippen LogP contribution in [0.1, 0.15) is 11.1 Å². The topological polar surface area (TPSA) is 42.3 Å². The second-order valence-electron chi connectivity index (χ2n) is 6.03. The molecule has 0 saturated carbocycles. The molecule has 3 aromatic rings. The maximum absolute atomic E-state index is 12.2. The van der Waals surface area contributed by atoms with E-state index in [2.05, 4.69) is 16.0 Å². The van der Waals surface area contributed by atoms with Crippen LogP contribution < -0.4 is 0 Å². The van der Waals surface area contributed by atoms with Crippen molar-refractivity contribution < 1.29 is 4.79 Å². The Hall–Kier alpha value is -1.87. The Morgan fingerprint density at radius 1 is 1.11 bits per heavy atom. The van der Waals surface area contributed by atoms with E-state index < -0.39 is 0 Å². The first-order valence-corrected chi connectivity index (χ1v) is 11.9. The summed E-state index contributed by atoms with van der Waals surface area (Å²) in [4.78, 5) is 21.5. The number of amides is 1. The van der Waals surface area contributed by atoms with Gasteiger partial charge in [-0.05, 0) is 0 Å². The normalized spacial score (nSPS) is 16.0. The summed E-state index contributed by atoms with van der Waals surface area (Å²) in [5, 5.41) is 2.86. The number of halogens is 1. The molecule has 0 spiro atoms. The predicted octanol–water partition coefficient (Wildman–Crippen LogP) is 5.22. The number of thioether (sulfide) groups is 1. The Bertz CT molecular complexity index is 1080. The number of aryl methyl sites for hydroxylation is 1. The van der Waals surface area contributed by atoms with Crippen molar-refractivity contribution in [3.05, 3.63) is 81.8 Å². The molecule has 3 nitrogen and oxygen atoms in total. The minimum absolute atomic E-state index is 0.118. The number of pyridine rings is 1. The number of carbonyl (C=O) groups is 1. The van der Waals surface area contributed by atoms with Crippen LogP contribution in [0.5, 0.6) is 0 Å². The molecule has 1 radical (unpaired) electrons. The molecule has 1 aromatic heterocycles. The van der Waals surface area contributed by atoms with Crippen LogP contribution in [-0.4, -0.2) is 30.5 Å². The molecule has 1 amide bonds. The molecule has 27 heavy (non-hydrogen) atoms. The van der Waals surface area contributed by atoms with E-state index >= 15 is 0 Å². The molecule has 0 unspecified atom stereocenters. The summed E-state index contributed by atoms with van der Waals surface area (Å²) in [5.74, 6) is -0.126. The number of carbonyl (C=O) groups excluding carboxylic acids is 1. The Kier molecular flexibility index (Phi) is 5.77. The predicted molar refractivity (Wildman–Crippen MR) is 115 cm³/mol. The molecule has 0 bridgehead atoms. The average Bonchev–Trinajstić information content (AvgIpc) is 3.01. The molecule has 0 N–H and O–H groups in total. The summed E-state index contributed by atoms with van der Waals surface area (Å²) in [7, 11) is 0. The first kappa shape index (κ1) is 18.5. The van der Waals surface area contributed by atoms with Gasteiger partial charge in [-0.1, -0.05) is 0 Å². The summed E-state index contributed by atoms with van der Waals surface area (Å²) >= 11 is 7.43. The molecule has 2 heterocycles. The fourth-order valence-electron chi connectivity index (χ4n) is 2.77. The van der Waals surface area contributed by atoms with Gasteiger partial charge in [-0.15, -0.1) is 0 Å². The van der Waals surface area contributed by atoms with Gasteiger partial charge in [0.15, 0.2) is 0 Å². The number of aliphatic imine (C=N–C) groups is 1. The van der Waals surface area contributed by atoms with Crippen molar-refractivity contribution in [3.8, 4) is 0 Å². The van der Waals surface area contributed by atoms with Gasteiger partial charge in [0, 0.05) is 0 Å². The van der Waals surface area contributed by atoms with Crippen LogP contribution in [0.4, 0.5) is 0 Å². The van der Waals surface area contributed by atoms with Gasteiger partial charge in [0.05, 0.1) is 0 Å². The summed E-state index contributed by atoms with van der Waals surface area (Å²) in [6.07, 6.45) is 4.67. The zero-order valence-corrected chi connectivity index (χ0v) is 17.8. The summed E-state index contributed by atoms with van der Waals surface area (Å²) in [6, 6.07) is 17.9. The van der Waals surface area contributed by atoms with Crippen LogP contribution in [0.25, 0.3) is 17.0 Å². The van der Waals surface area contributed by atoms with Gasteiger partial charge in [0.1, 0.15) is 0 Å². The SMILES string of the molecule is O=C1N=C([As]CCc2cccc(Cl)c2)S/C1=C/c1ccc2ncccc2c1. The molecule has 6 heteroatoms. The molecule has 4 rings (SSSR count). The first-order chi connectivity index (χ1) is 13.2. The van der Waals surface area contributed by atoms with E-state index in [0.29, 0.717) is 4.91 Å². The Balaban J connectivity index is 1.40. The van der Waals surface area contributed by atoms with Crippen LogP contribution in [-0.2, 0) is 11.2 Å². The van der Waals surface area contributed by atoms with Gasteiger partial charge in [-0.2, -0.15) is 0 Å². The van der Waals surface area contributed by atoms with Crippen molar-refractivity contribution in [2.45, 2.75) is 11.6 Å². The fourth-order valence-corrected chi connectivity index (χ4v) is 6.72. The van der Waals surface area contributed by atoms with E-state index in [1.54, 1.807) is 6.20 Å². The Morgan fingerprint density at radius 2 is 2.04 bits per heavy atom. The van der Waals surface area contributed by atoms with Gasteiger partial charge in [0.25, 0.3) is 0 Å². The van der Waals surface area contributed by atoms with Crippen LogP contribution in [0, 0.1) is 0 Å². The molecule has 0 atom stereocenters. The van der Waals surface area contributed by atoms with Gasteiger partial charge in [-0.3, -0.25) is 0 Å². The number of nitrogens with zero attached hydrogens (tertiary/aromatic N) is 2. The Morgan fingerprint density at radius 3 is 2.93 bits per heavy atom. The monoisotopic (exact) mass is 453 g/mol. The number of fused-ring (bicyclic) bond motifs is 1. The average molecular weight is 454 g/mol. The summed E-state index contributed by atoms with van der Waals surface area (Å²) in [6.45, 7) is 0. The van der Waals surface area contributed by atoms with Crippen LogP contribution >= 0.6 is 23.4 Å². The standard InChI is InChI=1S/C21H15AsClN2OS/c23-17-5-1-3-14(12-17)8-9-22-21-25-20(26)19(27-21)13-15-6-7-18-16(11-15)4-2-10-24-18/h1-7,10-13H,8-9H2/b19-13+. The number of rotatable bonds is 5. The van der Waals surface area contributed by atoms with Crippen molar-refractivity contribution in [2.75, 3.05) is 0 Å². The van der Waals surface area contributed by atoms with E-state index in [0.717, 1.165) is 36.9 Å². The quantitative estimate of drug-likeness (QED) is 0.393. The van der Waals surface area contributed by atoms with E-state index in [1.807, 2.05) is 54.6 Å². The van der Waals surface area contributed by atoms with Crippen LogP contribution in [0.15, 0.2) is 70.7 Å². The van der Waals surface area contributed by atoms with Gasteiger partial charge in [0.2, 0.25) is 0 Å². The van der Waals surface area contributed by atoms with Crippen molar-refractivity contribution in [2.24, 2.45) is 4.99 Å². The zero-order chi connectivity index (χ0) is 18.6. The van der Waals surface area contributed by atoms with Crippen LogP contribution in [0.3, 0.4) is 0 Å². The van der Waals surface area contributed by atoms with E-state index in [9.17, 15) is 4.79 Å². The van der Waals surface area contributed by atoms with Crippen molar-refractivity contribution in [1.82, 2.24) is 4.98 Å². The van der Waals surface area contributed by atoms with Crippen molar-refractivity contribution in [3.63, 3.8) is 0 Å². The van der Waals surface area contributed by atoms with E-state index in [-0.39, 0.29) is 21.7 Å². The second-order valence-corrected chi connectivity index (χ2v) is 10.6. The first-order valence-electron chi connectivity index (χ1n) is 8.47.